The molecule has 2 heterocycles. The molecule has 1 aliphatic heterocycles. The average molecular weight is 257 g/mol. The minimum Gasteiger partial charge on any atom is -0.374 e. The molecule has 4 nitrogen and oxygen atoms in total. The van der Waals surface area contributed by atoms with Crippen LogP contribution in [0, 0.1) is 0 Å². The summed E-state index contributed by atoms with van der Waals surface area (Å²) in [6, 6.07) is 10.3. The lowest BCUT2D eigenvalue weighted by atomic mass is 10.1. The molecule has 1 fully saturated rings. The first kappa shape index (κ1) is 12.4. The number of morpholine rings is 1. The van der Waals surface area contributed by atoms with Crippen LogP contribution in [-0.2, 0) is 4.74 Å². The van der Waals surface area contributed by atoms with E-state index in [0.717, 1.165) is 31.8 Å². The molecule has 4 heteroatoms. The van der Waals surface area contributed by atoms with Gasteiger partial charge >= 0.3 is 0 Å². The van der Waals surface area contributed by atoms with Gasteiger partial charge < -0.3 is 15.0 Å². The van der Waals surface area contributed by atoms with Crippen molar-refractivity contribution < 1.29 is 4.74 Å². The predicted molar refractivity (Wildman–Crippen MR) is 77.6 cm³/mol. The molecule has 1 unspecified atom stereocenters. The zero-order valence-corrected chi connectivity index (χ0v) is 11.2. The molecule has 1 aromatic heterocycles. The molecular weight excluding hydrogens is 238 g/mol. The first-order valence-electron chi connectivity index (χ1n) is 6.72. The highest BCUT2D eigenvalue weighted by Crippen LogP contribution is 2.24. The molecule has 19 heavy (non-hydrogen) atoms. The molecule has 3 rings (SSSR count). The first-order chi connectivity index (χ1) is 9.34. The van der Waals surface area contributed by atoms with Crippen LogP contribution in [0.2, 0.25) is 0 Å². The predicted octanol–water partition coefficient (Wildman–Crippen LogP) is 1.66. The number of nitrogens with one attached hydrogen (secondary N) is 1. The Morgan fingerprint density at radius 3 is 3.11 bits per heavy atom. The normalized spacial score (nSPS) is 19.5. The molecule has 0 amide bonds. The summed E-state index contributed by atoms with van der Waals surface area (Å²) < 4.78 is 5.76. The molecule has 0 aliphatic carbocycles. The van der Waals surface area contributed by atoms with Crippen molar-refractivity contribution in [3.05, 3.63) is 36.5 Å². The van der Waals surface area contributed by atoms with Crippen molar-refractivity contribution in [1.82, 2.24) is 10.3 Å². The summed E-state index contributed by atoms with van der Waals surface area (Å²) in [5.41, 5.74) is 2.24. The van der Waals surface area contributed by atoms with Gasteiger partial charge in [-0.25, -0.2) is 0 Å². The second-order valence-electron chi connectivity index (χ2n) is 4.92. The molecule has 1 atom stereocenters. The maximum absolute atomic E-state index is 5.76. The Morgan fingerprint density at radius 2 is 2.26 bits per heavy atom. The zero-order chi connectivity index (χ0) is 13.1. The van der Waals surface area contributed by atoms with Crippen molar-refractivity contribution in [2.45, 2.75) is 6.10 Å². The lowest BCUT2D eigenvalue weighted by Crippen LogP contribution is -2.44. The molecule has 0 spiro atoms. The molecule has 0 bridgehead atoms. The van der Waals surface area contributed by atoms with Crippen LogP contribution in [0.5, 0.6) is 0 Å². The Bertz CT molecular complexity index is 547. The Hall–Kier alpha value is -1.65. The van der Waals surface area contributed by atoms with Crippen LogP contribution >= 0.6 is 0 Å². The molecule has 1 aromatic carbocycles. The maximum Gasteiger partial charge on any atom is 0.0874 e. The van der Waals surface area contributed by atoms with Gasteiger partial charge in [-0.2, -0.15) is 0 Å². The van der Waals surface area contributed by atoms with Crippen molar-refractivity contribution in [3.8, 4) is 0 Å². The second kappa shape index (κ2) is 5.55. The van der Waals surface area contributed by atoms with Crippen LogP contribution < -0.4 is 10.2 Å². The average Bonchev–Trinajstić information content (AvgIpc) is 2.47. The van der Waals surface area contributed by atoms with Crippen molar-refractivity contribution >= 4 is 16.6 Å². The van der Waals surface area contributed by atoms with Crippen molar-refractivity contribution in [2.75, 3.05) is 38.2 Å². The third-order valence-corrected chi connectivity index (χ3v) is 3.52. The summed E-state index contributed by atoms with van der Waals surface area (Å²) in [5, 5.41) is 4.56. The highest BCUT2D eigenvalue weighted by molar-refractivity contribution is 5.91. The van der Waals surface area contributed by atoms with E-state index in [1.807, 2.05) is 18.3 Å². The summed E-state index contributed by atoms with van der Waals surface area (Å²) in [6.07, 6.45) is 2.12. The third kappa shape index (κ3) is 2.69. The van der Waals surface area contributed by atoms with E-state index in [2.05, 4.69) is 40.4 Å². The Kier molecular flexibility index (Phi) is 3.62. The quantitative estimate of drug-likeness (QED) is 0.907. The van der Waals surface area contributed by atoms with Gasteiger partial charge in [0.05, 0.1) is 18.2 Å². The summed E-state index contributed by atoms with van der Waals surface area (Å²) in [7, 11) is 2.11. The van der Waals surface area contributed by atoms with Gasteiger partial charge in [-0.05, 0) is 12.1 Å². The molecule has 100 valence electrons. The number of nitrogens with zero attached hydrogens (tertiary/aromatic N) is 2. The smallest absolute Gasteiger partial charge is 0.0874 e. The van der Waals surface area contributed by atoms with Gasteiger partial charge in [0, 0.05) is 44.0 Å². The van der Waals surface area contributed by atoms with E-state index < -0.39 is 0 Å². The minimum absolute atomic E-state index is 0.255. The van der Waals surface area contributed by atoms with Crippen LogP contribution in [0.15, 0.2) is 36.5 Å². The standard InChI is InChI=1S/C15H19N3O/c1-18(11-12-10-16-8-9-19-12)15-6-7-17-14-5-3-2-4-13(14)15/h2-7,12,16H,8-11H2,1H3. The van der Waals surface area contributed by atoms with Gasteiger partial charge in [-0.3, -0.25) is 4.98 Å². The molecule has 0 radical (unpaired) electrons. The first-order valence-corrected chi connectivity index (χ1v) is 6.72. The third-order valence-electron chi connectivity index (χ3n) is 3.52. The number of pyridine rings is 1. The van der Waals surface area contributed by atoms with E-state index in [-0.39, 0.29) is 6.10 Å². The molecule has 2 aromatic rings. The zero-order valence-electron chi connectivity index (χ0n) is 11.2. The summed E-state index contributed by atoms with van der Waals surface area (Å²) >= 11 is 0. The van der Waals surface area contributed by atoms with Gasteiger partial charge in [-0.15, -0.1) is 0 Å². The number of para-hydroxylation sites is 1. The van der Waals surface area contributed by atoms with E-state index in [9.17, 15) is 0 Å². The largest absolute Gasteiger partial charge is 0.374 e. The highest BCUT2D eigenvalue weighted by atomic mass is 16.5. The number of benzene rings is 1. The van der Waals surface area contributed by atoms with Crippen molar-refractivity contribution in [2.24, 2.45) is 0 Å². The van der Waals surface area contributed by atoms with Gasteiger partial charge in [0.25, 0.3) is 0 Å². The molecule has 0 saturated carbocycles. The number of aromatic nitrogens is 1. The van der Waals surface area contributed by atoms with E-state index in [4.69, 9.17) is 4.74 Å². The van der Waals surface area contributed by atoms with E-state index >= 15 is 0 Å². The Morgan fingerprint density at radius 1 is 1.37 bits per heavy atom. The SMILES string of the molecule is CN(CC1CNCCO1)c1ccnc2ccccc12. The van der Waals surface area contributed by atoms with E-state index in [1.165, 1.54) is 11.1 Å². The molecule has 1 N–H and O–H groups in total. The van der Waals surface area contributed by atoms with Crippen molar-refractivity contribution in [1.29, 1.82) is 0 Å². The van der Waals surface area contributed by atoms with Gasteiger partial charge in [0.15, 0.2) is 0 Å². The fourth-order valence-corrected chi connectivity index (χ4v) is 2.55. The monoisotopic (exact) mass is 257 g/mol. The molecule has 1 saturated heterocycles. The van der Waals surface area contributed by atoms with Crippen LogP contribution in [0.3, 0.4) is 0 Å². The summed E-state index contributed by atoms with van der Waals surface area (Å²) in [6.45, 7) is 3.57. The number of rotatable bonds is 3. The van der Waals surface area contributed by atoms with Crippen LogP contribution in [0.25, 0.3) is 10.9 Å². The number of ether oxygens (including phenoxy) is 1. The van der Waals surface area contributed by atoms with Crippen LogP contribution in [-0.4, -0.2) is 44.4 Å². The van der Waals surface area contributed by atoms with Gasteiger partial charge in [-0.1, -0.05) is 18.2 Å². The number of hydrogen-bond acceptors (Lipinski definition) is 4. The maximum atomic E-state index is 5.76. The lowest BCUT2D eigenvalue weighted by Gasteiger charge is -2.29. The number of anilines is 1. The van der Waals surface area contributed by atoms with Gasteiger partial charge in [0.2, 0.25) is 0 Å². The fourth-order valence-electron chi connectivity index (χ4n) is 2.55. The van der Waals surface area contributed by atoms with E-state index in [1.54, 1.807) is 0 Å². The lowest BCUT2D eigenvalue weighted by molar-refractivity contribution is 0.0340. The topological polar surface area (TPSA) is 37.4 Å². The number of likely N-dealkylation sites (N-methyl/N-ethyl adjacent to an activating group) is 1. The van der Waals surface area contributed by atoms with E-state index in [0.29, 0.717) is 0 Å². The van der Waals surface area contributed by atoms with Crippen molar-refractivity contribution in [3.63, 3.8) is 0 Å². The number of fused-ring (bicyclic) bond motifs is 1. The van der Waals surface area contributed by atoms with Crippen LogP contribution in [0.4, 0.5) is 5.69 Å². The molecule has 1 aliphatic rings. The number of hydrogen-bond donors (Lipinski definition) is 1. The Balaban J connectivity index is 1.82. The van der Waals surface area contributed by atoms with Gasteiger partial charge in [0.1, 0.15) is 0 Å². The Labute approximate surface area is 113 Å². The highest BCUT2D eigenvalue weighted by Gasteiger charge is 2.16. The fraction of sp³-hybridized carbons (Fsp3) is 0.400. The second-order valence-corrected chi connectivity index (χ2v) is 4.92. The minimum atomic E-state index is 0.255. The molecular formula is C15H19N3O. The summed E-state index contributed by atoms with van der Waals surface area (Å²) in [4.78, 5) is 6.65. The summed E-state index contributed by atoms with van der Waals surface area (Å²) in [5.74, 6) is 0. The van der Waals surface area contributed by atoms with Crippen LogP contribution in [0.1, 0.15) is 0 Å².